The highest BCUT2D eigenvalue weighted by molar-refractivity contribution is 5.83. The summed E-state index contributed by atoms with van der Waals surface area (Å²) in [5.74, 6) is -0.193. The summed E-state index contributed by atoms with van der Waals surface area (Å²) in [4.78, 5) is 10.8. The Kier molecular flexibility index (Phi) is 1.81. The number of rotatable bonds is 1. The maximum Gasteiger partial charge on any atom is 0.287 e. The number of hydrogen-bond acceptors (Lipinski definition) is 3. The highest BCUT2D eigenvalue weighted by atomic mass is 16.2. The zero-order chi connectivity index (χ0) is 9.26. The van der Waals surface area contributed by atoms with E-state index in [1.807, 2.05) is 31.2 Å². The summed E-state index contributed by atoms with van der Waals surface area (Å²) < 4.78 is 0. The molecule has 0 unspecified atom stereocenters. The van der Waals surface area contributed by atoms with Crippen LogP contribution in [0, 0.1) is 6.92 Å². The van der Waals surface area contributed by atoms with E-state index < -0.39 is 0 Å². The van der Waals surface area contributed by atoms with Crippen molar-refractivity contribution >= 4 is 11.6 Å². The first-order valence-electron chi connectivity index (χ1n) is 4.04. The van der Waals surface area contributed by atoms with E-state index in [4.69, 9.17) is 0 Å². The van der Waals surface area contributed by atoms with Crippen LogP contribution in [0.15, 0.2) is 34.6 Å². The average molecular weight is 175 g/mol. The topological polar surface area (TPSA) is 45.0 Å². The van der Waals surface area contributed by atoms with Gasteiger partial charge in [0.25, 0.3) is 5.91 Å². The van der Waals surface area contributed by atoms with Gasteiger partial charge in [0.2, 0.25) is 0 Å². The Morgan fingerprint density at radius 3 is 2.92 bits per heavy atom. The van der Waals surface area contributed by atoms with Crippen molar-refractivity contribution < 1.29 is 4.79 Å². The molecule has 1 amide bonds. The zero-order valence-electron chi connectivity index (χ0n) is 7.27. The van der Waals surface area contributed by atoms with E-state index in [9.17, 15) is 4.79 Å². The molecule has 13 heavy (non-hydrogen) atoms. The van der Waals surface area contributed by atoms with E-state index >= 15 is 0 Å². The molecular weight excluding hydrogens is 166 g/mol. The molecule has 0 aromatic heterocycles. The molecule has 0 N–H and O–H groups in total. The van der Waals surface area contributed by atoms with Crippen LogP contribution in [0.3, 0.4) is 0 Å². The predicted octanol–water partition coefficient (Wildman–Crippen LogP) is 1.71. The molecule has 1 aliphatic rings. The fourth-order valence-electron chi connectivity index (χ4n) is 1.23. The Morgan fingerprint density at radius 2 is 2.31 bits per heavy atom. The van der Waals surface area contributed by atoms with Crippen LogP contribution >= 0.6 is 0 Å². The van der Waals surface area contributed by atoms with Crippen LogP contribution in [0.25, 0.3) is 0 Å². The van der Waals surface area contributed by atoms with E-state index in [0.29, 0.717) is 0 Å². The smallest absolute Gasteiger partial charge is 0.269 e. The monoisotopic (exact) mass is 175 g/mol. The number of carbonyl (C=O) groups is 1. The molecule has 66 valence electrons. The van der Waals surface area contributed by atoms with Crippen LogP contribution in [0.1, 0.15) is 5.56 Å². The molecule has 0 atom stereocenters. The van der Waals surface area contributed by atoms with Crippen LogP contribution in [0.5, 0.6) is 0 Å². The lowest BCUT2D eigenvalue weighted by molar-refractivity contribution is -0.116. The molecule has 1 aliphatic heterocycles. The van der Waals surface area contributed by atoms with Gasteiger partial charge in [0.05, 0.1) is 5.69 Å². The fourth-order valence-corrected chi connectivity index (χ4v) is 1.23. The van der Waals surface area contributed by atoms with Gasteiger partial charge in [-0.1, -0.05) is 22.5 Å². The summed E-state index contributed by atoms with van der Waals surface area (Å²) >= 11 is 0. The molecule has 0 aliphatic carbocycles. The Morgan fingerprint density at radius 1 is 1.46 bits per heavy atom. The second-order valence-electron chi connectivity index (χ2n) is 2.98. The largest absolute Gasteiger partial charge is 0.287 e. The lowest BCUT2D eigenvalue weighted by Crippen LogP contribution is -2.16. The number of aryl methyl sites for hydroxylation is 1. The number of hydrogen-bond donors (Lipinski definition) is 0. The third-order valence-corrected chi connectivity index (χ3v) is 1.85. The number of anilines is 1. The van der Waals surface area contributed by atoms with Crippen molar-refractivity contribution in [3.05, 3.63) is 29.8 Å². The first-order valence-corrected chi connectivity index (χ1v) is 4.04. The molecule has 1 aromatic rings. The number of benzene rings is 1. The highest BCUT2D eigenvalue weighted by Gasteiger charge is 2.16. The first-order chi connectivity index (χ1) is 6.25. The Balaban J connectivity index is 2.27. The standard InChI is InChI=1S/C9H9N3O/c1-7-3-2-4-8(5-7)12-6-9(13)10-11-12/h2-5H,6H2,1H3. The lowest BCUT2D eigenvalue weighted by Gasteiger charge is -2.10. The summed E-state index contributed by atoms with van der Waals surface area (Å²) in [6.07, 6.45) is 0. The van der Waals surface area contributed by atoms with Crippen LogP contribution in [-0.4, -0.2) is 12.5 Å². The van der Waals surface area contributed by atoms with Crippen molar-refractivity contribution in [1.29, 1.82) is 0 Å². The molecule has 0 radical (unpaired) electrons. The molecule has 1 heterocycles. The van der Waals surface area contributed by atoms with Gasteiger partial charge in [-0.3, -0.25) is 4.79 Å². The zero-order valence-corrected chi connectivity index (χ0v) is 7.27. The van der Waals surface area contributed by atoms with E-state index in [0.717, 1.165) is 11.3 Å². The minimum atomic E-state index is -0.193. The minimum Gasteiger partial charge on any atom is -0.269 e. The van der Waals surface area contributed by atoms with Crippen LogP contribution < -0.4 is 5.01 Å². The van der Waals surface area contributed by atoms with E-state index in [2.05, 4.69) is 10.3 Å². The maximum absolute atomic E-state index is 10.8. The summed E-state index contributed by atoms with van der Waals surface area (Å²) in [6, 6.07) is 7.81. The van der Waals surface area contributed by atoms with Gasteiger partial charge in [0.1, 0.15) is 6.54 Å². The Labute approximate surface area is 75.9 Å². The molecule has 4 nitrogen and oxygen atoms in total. The van der Waals surface area contributed by atoms with Crippen molar-refractivity contribution in [2.45, 2.75) is 6.92 Å². The molecule has 0 saturated carbocycles. The highest BCUT2D eigenvalue weighted by Crippen LogP contribution is 2.18. The molecule has 2 rings (SSSR count). The second-order valence-corrected chi connectivity index (χ2v) is 2.98. The molecular formula is C9H9N3O. The van der Waals surface area contributed by atoms with Gasteiger partial charge in [0.15, 0.2) is 0 Å². The van der Waals surface area contributed by atoms with Gasteiger partial charge >= 0.3 is 0 Å². The van der Waals surface area contributed by atoms with E-state index in [1.54, 1.807) is 5.01 Å². The molecule has 4 heteroatoms. The van der Waals surface area contributed by atoms with Gasteiger partial charge in [0, 0.05) is 0 Å². The van der Waals surface area contributed by atoms with Crippen molar-refractivity contribution in [2.75, 3.05) is 11.6 Å². The van der Waals surface area contributed by atoms with E-state index in [-0.39, 0.29) is 12.5 Å². The summed E-state index contributed by atoms with van der Waals surface area (Å²) in [5, 5.41) is 8.77. The SMILES string of the molecule is Cc1cccc(N2CC(=O)N=N2)c1. The van der Waals surface area contributed by atoms with Crippen LogP contribution in [-0.2, 0) is 4.79 Å². The van der Waals surface area contributed by atoms with Gasteiger partial charge in [-0.25, -0.2) is 5.01 Å². The minimum absolute atomic E-state index is 0.193. The third-order valence-electron chi connectivity index (χ3n) is 1.85. The number of amides is 1. The Bertz CT molecular complexity index is 373. The van der Waals surface area contributed by atoms with Crippen molar-refractivity contribution in [3.63, 3.8) is 0 Å². The van der Waals surface area contributed by atoms with Crippen LogP contribution in [0.2, 0.25) is 0 Å². The molecule has 0 fully saturated rings. The molecule has 1 aromatic carbocycles. The summed E-state index contributed by atoms with van der Waals surface area (Å²) in [6.45, 7) is 2.25. The Hall–Kier alpha value is -1.71. The van der Waals surface area contributed by atoms with Crippen molar-refractivity contribution in [3.8, 4) is 0 Å². The molecule has 0 saturated heterocycles. The average Bonchev–Trinajstić information content (AvgIpc) is 2.52. The normalized spacial score (nSPS) is 15.5. The van der Waals surface area contributed by atoms with Crippen LogP contribution in [0.4, 0.5) is 5.69 Å². The molecule has 0 spiro atoms. The van der Waals surface area contributed by atoms with Gasteiger partial charge in [-0.05, 0) is 24.6 Å². The second kappa shape index (κ2) is 2.97. The maximum atomic E-state index is 10.8. The van der Waals surface area contributed by atoms with Gasteiger partial charge in [-0.2, -0.15) is 0 Å². The first kappa shape index (κ1) is 7.91. The number of carbonyl (C=O) groups excluding carboxylic acids is 1. The van der Waals surface area contributed by atoms with E-state index in [1.165, 1.54) is 0 Å². The summed E-state index contributed by atoms with van der Waals surface area (Å²) in [7, 11) is 0. The fraction of sp³-hybridized carbons (Fsp3) is 0.222. The lowest BCUT2D eigenvalue weighted by atomic mass is 10.2. The quantitative estimate of drug-likeness (QED) is 0.652. The number of nitrogens with zero attached hydrogens (tertiary/aromatic N) is 3. The van der Waals surface area contributed by atoms with Crippen molar-refractivity contribution in [1.82, 2.24) is 0 Å². The predicted molar refractivity (Wildman–Crippen MR) is 48.4 cm³/mol. The van der Waals surface area contributed by atoms with Crippen molar-refractivity contribution in [2.24, 2.45) is 10.3 Å². The van der Waals surface area contributed by atoms with Gasteiger partial charge < -0.3 is 0 Å². The summed E-state index contributed by atoms with van der Waals surface area (Å²) in [5.41, 5.74) is 2.06. The molecule has 0 bridgehead atoms. The van der Waals surface area contributed by atoms with Gasteiger partial charge in [-0.15, -0.1) is 0 Å². The third kappa shape index (κ3) is 1.56.